The fourth-order valence-corrected chi connectivity index (χ4v) is 1.84. The molecule has 4 nitrogen and oxygen atoms in total. The Bertz CT molecular complexity index is 341. The lowest BCUT2D eigenvalue weighted by molar-refractivity contribution is 0.122. The first-order valence-corrected chi connectivity index (χ1v) is 5.13. The van der Waals surface area contributed by atoms with Crippen LogP contribution in [-0.2, 0) is 11.3 Å². The van der Waals surface area contributed by atoms with Gasteiger partial charge in [-0.25, -0.2) is 0 Å². The minimum atomic E-state index is 0. The van der Waals surface area contributed by atoms with Crippen molar-refractivity contribution < 1.29 is 9.84 Å². The first-order chi connectivity index (χ1) is 7.31. The molecule has 3 N–H and O–H groups in total. The second kappa shape index (κ2) is 5.94. The van der Waals surface area contributed by atoms with E-state index < -0.39 is 0 Å². The van der Waals surface area contributed by atoms with Crippen molar-refractivity contribution in [2.45, 2.75) is 6.61 Å². The van der Waals surface area contributed by atoms with Crippen molar-refractivity contribution in [3.63, 3.8) is 0 Å². The van der Waals surface area contributed by atoms with Crippen LogP contribution in [-0.4, -0.2) is 31.4 Å². The van der Waals surface area contributed by atoms with Gasteiger partial charge in [0.2, 0.25) is 0 Å². The SMILES string of the molecule is Cl.Nc1ccc(N2CCOCC2)c(CO)c1. The molecule has 1 aliphatic rings. The van der Waals surface area contributed by atoms with E-state index in [1.807, 2.05) is 18.2 Å². The molecule has 1 saturated heterocycles. The van der Waals surface area contributed by atoms with Crippen molar-refractivity contribution >= 4 is 23.8 Å². The van der Waals surface area contributed by atoms with Gasteiger partial charge in [-0.05, 0) is 18.2 Å². The van der Waals surface area contributed by atoms with Crippen LogP contribution in [0.3, 0.4) is 0 Å². The van der Waals surface area contributed by atoms with Gasteiger partial charge in [-0.2, -0.15) is 0 Å². The van der Waals surface area contributed by atoms with E-state index in [9.17, 15) is 5.11 Å². The summed E-state index contributed by atoms with van der Waals surface area (Å²) in [7, 11) is 0. The molecule has 0 spiro atoms. The maximum absolute atomic E-state index is 9.26. The van der Waals surface area contributed by atoms with Crippen molar-refractivity contribution in [3.8, 4) is 0 Å². The number of nitrogen functional groups attached to an aromatic ring is 1. The second-order valence-electron chi connectivity index (χ2n) is 3.65. The molecular formula is C11H17ClN2O2. The number of nitrogens with zero attached hydrogens (tertiary/aromatic N) is 1. The summed E-state index contributed by atoms with van der Waals surface area (Å²) in [6.45, 7) is 3.26. The van der Waals surface area contributed by atoms with Crippen molar-refractivity contribution in [2.75, 3.05) is 36.9 Å². The van der Waals surface area contributed by atoms with E-state index in [1.54, 1.807) is 0 Å². The first-order valence-electron chi connectivity index (χ1n) is 5.13. The highest BCUT2D eigenvalue weighted by Gasteiger charge is 2.14. The van der Waals surface area contributed by atoms with Gasteiger partial charge in [-0.15, -0.1) is 12.4 Å². The molecule has 16 heavy (non-hydrogen) atoms. The van der Waals surface area contributed by atoms with Crippen LogP contribution < -0.4 is 10.6 Å². The molecule has 1 aromatic carbocycles. The maximum atomic E-state index is 9.26. The Morgan fingerprint density at radius 2 is 2.00 bits per heavy atom. The summed E-state index contributed by atoms with van der Waals surface area (Å²) in [5.41, 5.74) is 8.32. The molecule has 5 heteroatoms. The Hall–Kier alpha value is -0.970. The Kier molecular flexibility index (Phi) is 4.86. The fraction of sp³-hybridized carbons (Fsp3) is 0.455. The van der Waals surface area contributed by atoms with Crippen LogP contribution in [0.1, 0.15) is 5.56 Å². The van der Waals surface area contributed by atoms with E-state index in [0.717, 1.165) is 37.6 Å². The lowest BCUT2D eigenvalue weighted by atomic mass is 10.1. The molecule has 2 rings (SSSR count). The normalized spacial score (nSPS) is 15.7. The van der Waals surface area contributed by atoms with Crippen molar-refractivity contribution in [3.05, 3.63) is 23.8 Å². The second-order valence-corrected chi connectivity index (χ2v) is 3.65. The molecule has 0 radical (unpaired) electrons. The zero-order valence-corrected chi connectivity index (χ0v) is 9.87. The van der Waals surface area contributed by atoms with E-state index in [1.165, 1.54) is 0 Å². The average molecular weight is 245 g/mol. The number of morpholine rings is 1. The Morgan fingerprint density at radius 1 is 1.31 bits per heavy atom. The minimum absolute atomic E-state index is 0. The predicted molar refractivity (Wildman–Crippen MR) is 67.1 cm³/mol. The molecule has 1 heterocycles. The van der Waals surface area contributed by atoms with Gasteiger partial charge in [0.25, 0.3) is 0 Å². The number of halogens is 1. The topological polar surface area (TPSA) is 58.7 Å². The lowest BCUT2D eigenvalue weighted by Crippen LogP contribution is -2.36. The van der Waals surface area contributed by atoms with E-state index in [-0.39, 0.29) is 19.0 Å². The molecular weight excluding hydrogens is 228 g/mol. The molecule has 90 valence electrons. The third kappa shape index (κ3) is 2.78. The number of nitrogens with two attached hydrogens (primary N) is 1. The highest BCUT2D eigenvalue weighted by atomic mass is 35.5. The van der Waals surface area contributed by atoms with E-state index in [4.69, 9.17) is 10.5 Å². The molecule has 0 saturated carbocycles. The quantitative estimate of drug-likeness (QED) is 0.763. The maximum Gasteiger partial charge on any atom is 0.0702 e. The summed E-state index contributed by atoms with van der Waals surface area (Å²) < 4.78 is 5.29. The van der Waals surface area contributed by atoms with E-state index >= 15 is 0 Å². The van der Waals surface area contributed by atoms with Gasteiger partial charge >= 0.3 is 0 Å². The van der Waals surface area contributed by atoms with Gasteiger partial charge in [0.15, 0.2) is 0 Å². The number of rotatable bonds is 2. The monoisotopic (exact) mass is 244 g/mol. The standard InChI is InChI=1S/C11H16N2O2.ClH/c12-10-1-2-11(9(7-10)8-14)13-3-5-15-6-4-13;/h1-2,7,14H,3-6,8,12H2;1H. The Balaban J connectivity index is 0.00000128. The van der Waals surface area contributed by atoms with Crippen molar-refractivity contribution in [1.82, 2.24) is 0 Å². The van der Waals surface area contributed by atoms with E-state index in [2.05, 4.69) is 4.90 Å². The third-order valence-corrected chi connectivity index (χ3v) is 2.63. The van der Waals surface area contributed by atoms with Crippen LogP contribution in [0.5, 0.6) is 0 Å². The summed E-state index contributed by atoms with van der Waals surface area (Å²) in [5, 5.41) is 9.26. The number of hydrogen-bond donors (Lipinski definition) is 2. The Morgan fingerprint density at radius 3 is 2.62 bits per heavy atom. The summed E-state index contributed by atoms with van der Waals surface area (Å²) in [6.07, 6.45) is 0. The molecule has 0 amide bonds. The highest BCUT2D eigenvalue weighted by Crippen LogP contribution is 2.23. The van der Waals surface area contributed by atoms with Crippen LogP contribution in [0.25, 0.3) is 0 Å². The molecule has 0 bridgehead atoms. The molecule has 1 aromatic rings. The molecule has 0 aliphatic carbocycles. The molecule has 0 aromatic heterocycles. The first kappa shape index (κ1) is 13.1. The highest BCUT2D eigenvalue weighted by molar-refractivity contribution is 5.85. The molecule has 0 unspecified atom stereocenters. The summed E-state index contributed by atoms with van der Waals surface area (Å²) in [4.78, 5) is 2.22. The van der Waals surface area contributed by atoms with Crippen molar-refractivity contribution in [2.24, 2.45) is 0 Å². The van der Waals surface area contributed by atoms with Gasteiger partial charge in [-0.1, -0.05) is 0 Å². The number of benzene rings is 1. The van der Waals surface area contributed by atoms with Gasteiger partial charge in [0, 0.05) is 30.0 Å². The zero-order valence-electron chi connectivity index (χ0n) is 9.06. The van der Waals surface area contributed by atoms with Crippen LogP contribution in [0, 0.1) is 0 Å². The van der Waals surface area contributed by atoms with Gasteiger partial charge < -0.3 is 20.5 Å². The minimum Gasteiger partial charge on any atom is -0.399 e. The predicted octanol–water partition coefficient (Wildman–Crippen LogP) is 1.02. The molecule has 0 atom stereocenters. The van der Waals surface area contributed by atoms with Gasteiger partial charge in [0.1, 0.15) is 0 Å². The summed E-state index contributed by atoms with van der Waals surface area (Å²) >= 11 is 0. The van der Waals surface area contributed by atoms with Crippen molar-refractivity contribution in [1.29, 1.82) is 0 Å². The van der Waals surface area contributed by atoms with E-state index in [0.29, 0.717) is 5.69 Å². The lowest BCUT2D eigenvalue weighted by Gasteiger charge is -2.30. The van der Waals surface area contributed by atoms with Gasteiger partial charge in [-0.3, -0.25) is 0 Å². The number of aliphatic hydroxyl groups excluding tert-OH is 1. The van der Waals surface area contributed by atoms with Crippen LogP contribution in [0.4, 0.5) is 11.4 Å². The smallest absolute Gasteiger partial charge is 0.0702 e. The van der Waals surface area contributed by atoms with Crippen LogP contribution in [0.2, 0.25) is 0 Å². The van der Waals surface area contributed by atoms with Crippen LogP contribution >= 0.6 is 12.4 Å². The largest absolute Gasteiger partial charge is 0.399 e. The average Bonchev–Trinajstić information content (AvgIpc) is 2.30. The number of aliphatic hydroxyl groups is 1. The summed E-state index contributed by atoms with van der Waals surface area (Å²) in [5.74, 6) is 0. The zero-order chi connectivity index (χ0) is 10.7. The molecule has 1 aliphatic heterocycles. The Labute approximate surface area is 101 Å². The summed E-state index contributed by atoms with van der Waals surface area (Å²) in [6, 6.07) is 5.65. The molecule has 1 fully saturated rings. The number of anilines is 2. The van der Waals surface area contributed by atoms with Crippen LogP contribution in [0.15, 0.2) is 18.2 Å². The number of hydrogen-bond acceptors (Lipinski definition) is 4. The fourth-order valence-electron chi connectivity index (χ4n) is 1.84. The number of ether oxygens (including phenoxy) is 1. The van der Waals surface area contributed by atoms with Gasteiger partial charge in [0.05, 0.1) is 19.8 Å². The third-order valence-electron chi connectivity index (χ3n) is 2.63.